The molecule has 4 aromatic carbocycles. The van der Waals surface area contributed by atoms with Gasteiger partial charge in [0.25, 0.3) is 0 Å². The third kappa shape index (κ3) is 17.5. The van der Waals surface area contributed by atoms with Crippen LogP contribution in [0.25, 0.3) is 21.5 Å². The van der Waals surface area contributed by atoms with Gasteiger partial charge in [-0.15, -0.1) is 27.0 Å². The second-order valence-corrected chi connectivity index (χ2v) is 5.96. The molecule has 31 heavy (non-hydrogen) atoms. The van der Waals surface area contributed by atoms with Crippen molar-refractivity contribution in [3.8, 4) is 0 Å². The largest absolute Gasteiger partial charge is 0.346 e. The van der Waals surface area contributed by atoms with Crippen LogP contribution in [-0.2, 0) is 37.1 Å². The fourth-order valence-electron chi connectivity index (χ4n) is 2.27. The van der Waals surface area contributed by atoms with Crippen molar-refractivity contribution in [2.24, 2.45) is 0 Å². The van der Waals surface area contributed by atoms with Crippen LogP contribution in [0.15, 0.2) is 97.1 Å². The molecule has 0 heterocycles. The van der Waals surface area contributed by atoms with Crippen molar-refractivity contribution in [1.82, 2.24) is 0 Å². The van der Waals surface area contributed by atoms with Crippen molar-refractivity contribution >= 4 is 44.1 Å². The summed E-state index contributed by atoms with van der Waals surface area (Å²) >= 11 is 2.18. The van der Waals surface area contributed by atoms with E-state index in [-0.39, 0.29) is 37.1 Å². The summed E-state index contributed by atoms with van der Waals surface area (Å²) in [6, 6.07) is 33.4. The van der Waals surface area contributed by atoms with E-state index in [2.05, 4.69) is 134 Å². The molecule has 4 rings (SSSR count). The van der Waals surface area contributed by atoms with Crippen molar-refractivity contribution < 1.29 is 37.1 Å². The van der Waals surface area contributed by atoms with Gasteiger partial charge >= 0.3 is 0 Å². The standard InChI is InChI=1S/2C10H8.C2H4I.2C2H6.C2H5.2V/c2*1-2-6-10-8-4-3-7-9(10)5-1;1-2-3;3*1-2;;/h2*1-8H;1-2H2;2*1-2H3;1H2,2H3;;/q;;-1;;;-1;;. The predicted molar refractivity (Wildman–Crippen MR) is 146 cm³/mol. The number of halogens is 1. The monoisotopic (exact) mass is 602 g/mol. The Morgan fingerprint density at radius 1 is 0.484 bits per heavy atom. The van der Waals surface area contributed by atoms with Gasteiger partial charge in [0.15, 0.2) is 0 Å². The van der Waals surface area contributed by atoms with Crippen molar-refractivity contribution in [3.05, 3.63) is 111 Å². The van der Waals surface area contributed by atoms with Crippen LogP contribution in [0.1, 0.15) is 34.6 Å². The molecule has 0 fully saturated rings. The summed E-state index contributed by atoms with van der Waals surface area (Å²) in [6.45, 7) is 16.5. The topological polar surface area (TPSA) is 0 Å². The Bertz CT molecular complexity index is 645. The Morgan fingerprint density at radius 2 is 0.581 bits per heavy atom. The number of fused-ring (bicyclic) bond motifs is 2. The number of hydrogen-bond donors (Lipinski definition) is 0. The number of alkyl halides is 1. The van der Waals surface area contributed by atoms with Crippen LogP contribution in [-0.4, -0.2) is 4.43 Å². The van der Waals surface area contributed by atoms with Gasteiger partial charge < -0.3 is 13.8 Å². The molecular formula is C28H37IV2-2. The summed E-state index contributed by atoms with van der Waals surface area (Å²) in [5, 5.41) is 5.24. The van der Waals surface area contributed by atoms with Crippen LogP contribution >= 0.6 is 22.6 Å². The number of benzene rings is 4. The maximum atomic E-state index is 3.47. The van der Waals surface area contributed by atoms with Crippen molar-refractivity contribution in [1.29, 1.82) is 0 Å². The zero-order chi connectivity index (χ0) is 22.3. The molecule has 0 aliphatic carbocycles. The molecule has 0 saturated carbocycles. The smallest absolute Gasteiger partial charge is 0 e. The van der Waals surface area contributed by atoms with Crippen LogP contribution in [0.5, 0.6) is 0 Å². The van der Waals surface area contributed by atoms with Crippen LogP contribution in [0.4, 0.5) is 0 Å². The van der Waals surface area contributed by atoms with E-state index in [0.717, 1.165) is 4.43 Å². The quantitative estimate of drug-likeness (QED) is 0.107. The Balaban J connectivity index is -0.000000165. The zero-order valence-electron chi connectivity index (χ0n) is 19.6. The molecule has 0 saturated heterocycles. The molecule has 0 aliphatic heterocycles. The molecule has 0 atom stereocenters. The van der Waals surface area contributed by atoms with Gasteiger partial charge in [0.2, 0.25) is 0 Å². The third-order valence-electron chi connectivity index (χ3n) is 3.32. The van der Waals surface area contributed by atoms with E-state index < -0.39 is 0 Å². The van der Waals surface area contributed by atoms with Gasteiger partial charge in [-0.3, -0.25) is 0 Å². The first-order valence-electron chi connectivity index (χ1n) is 10.3. The van der Waals surface area contributed by atoms with E-state index in [1.807, 2.05) is 27.7 Å². The van der Waals surface area contributed by atoms with Crippen molar-refractivity contribution in [2.45, 2.75) is 34.6 Å². The van der Waals surface area contributed by atoms with E-state index in [9.17, 15) is 0 Å². The van der Waals surface area contributed by atoms with Gasteiger partial charge in [0.1, 0.15) is 0 Å². The maximum Gasteiger partial charge on any atom is 0 e. The summed E-state index contributed by atoms with van der Waals surface area (Å²) in [5.41, 5.74) is 0. The molecule has 168 valence electrons. The molecule has 0 nitrogen and oxygen atoms in total. The zero-order valence-corrected chi connectivity index (χ0v) is 24.6. The van der Waals surface area contributed by atoms with Crippen LogP contribution in [0.3, 0.4) is 0 Å². The molecule has 3 heteroatoms. The van der Waals surface area contributed by atoms with E-state index in [0.29, 0.717) is 0 Å². The fourth-order valence-corrected chi connectivity index (χ4v) is 2.27. The average molecular weight is 602 g/mol. The number of hydrogen-bond acceptors (Lipinski definition) is 0. The molecule has 4 aromatic rings. The Hall–Kier alpha value is -0.701. The maximum absolute atomic E-state index is 3.47. The minimum absolute atomic E-state index is 0. The molecule has 0 N–H and O–H groups in total. The minimum atomic E-state index is 0. The predicted octanol–water partition coefficient (Wildman–Crippen LogP) is 9.82. The third-order valence-corrected chi connectivity index (χ3v) is 3.32. The molecule has 0 aliphatic rings. The molecule has 2 radical (unpaired) electrons. The molecule has 0 unspecified atom stereocenters. The SMILES string of the molecule is CC.CC.[CH2-]C.[CH2-]CI.[V].[V].c1ccc2ccccc2c1.c1ccc2ccccc2c1. The van der Waals surface area contributed by atoms with Crippen molar-refractivity contribution in [3.63, 3.8) is 0 Å². The summed E-state index contributed by atoms with van der Waals surface area (Å²) in [4.78, 5) is 0. The Morgan fingerprint density at radius 3 is 0.677 bits per heavy atom. The summed E-state index contributed by atoms with van der Waals surface area (Å²) in [5.74, 6) is 0. The first-order valence-corrected chi connectivity index (χ1v) is 11.8. The van der Waals surface area contributed by atoms with Gasteiger partial charge in [0.05, 0.1) is 0 Å². The van der Waals surface area contributed by atoms with E-state index in [4.69, 9.17) is 0 Å². The molecule has 0 aromatic heterocycles. The molecular weight excluding hydrogens is 565 g/mol. The first kappa shape index (κ1) is 37.6. The van der Waals surface area contributed by atoms with Crippen LogP contribution in [0, 0.1) is 13.8 Å². The van der Waals surface area contributed by atoms with Gasteiger partial charge in [-0.05, 0) is 21.5 Å². The van der Waals surface area contributed by atoms with E-state index in [1.165, 1.54) is 21.5 Å². The van der Waals surface area contributed by atoms with E-state index >= 15 is 0 Å². The van der Waals surface area contributed by atoms with Crippen molar-refractivity contribution in [2.75, 3.05) is 4.43 Å². The molecule has 0 amide bonds. The normalized spacial score (nSPS) is 7.61. The van der Waals surface area contributed by atoms with Gasteiger partial charge in [-0.2, -0.15) is 6.92 Å². The molecule has 0 spiro atoms. The minimum Gasteiger partial charge on any atom is -0.346 e. The van der Waals surface area contributed by atoms with Crippen LogP contribution in [0.2, 0.25) is 0 Å². The second-order valence-electron chi connectivity index (χ2n) is 4.88. The van der Waals surface area contributed by atoms with Crippen LogP contribution < -0.4 is 0 Å². The van der Waals surface area contributed by atoms with Gasteiger partial charge in [-0.1, -0.05) is 125 Å². The van der Waals surface area contributed by atoms with E-state index in [1.54, 1.807) is 6.92 Å². The fraction of sp³-hybridized carbons (Fsp3) is 0.214. The summed E-state index contributed by atoms with van der Waals surface area (Å²) in [7, 11) is 0. The van der Waals surface area contributed by atoms with Gasteiger partial charge in [0, 0.05) is 37.1 Å². The Kier molecular flexibility index (Phi) is 35.5. The second kappa shape index (κ2) is 29.3. The first-order chi connectivity index (χ1) is 14.3. The summed E-state index contributed by atoms with van der Waals surface area (Å²) in [6.07, 6.45) is 0. The Labute approximate surface area is 229 Å². The summed E-state index contributed by atoms with van der Waals surface area (Å²) < 4.78 is 0.970. The number of rotatable bonds is 0. The van der Waals surface area contributed by atoms with Gasteiger partial charge in [-0.25, -0.2) is 0 Å². The molecule has 0 bridgehead atoms. The average Bonchev–Trinajstić information content (AvgIpc) is 2.84.